The van der Waals surface area contributed by atoms with Crippen LogP contribution in [-0.2, 0) is 0 Å². The fourth-order valence-corrected chi connectivity index (χ4v) is 2.61. The monoisotopic (exact) mass is 182 g/mol. The maximum atomic E-state index is 11.6. The summed E-state index contributed by atoms with van der Waals surface area (Å²) in [7, 11) is 0. The Kier molecular flexibility index (Phi) is 2.18. The molecule has 13 heavy (non-hydrogen) atoms. The molecule has 0 aromatic carbocycles. The minimum atomic E-state index is 0.145. The van der Waals surface area contributed by atoms with Gasteiger partial charge in [0.15, 0.2) is 0 Å². The van der Waals surface area contributed by atoms with Crippen molar-refractivity contribution in [2.45, 2.75) is 57.7 Å². The van der Waals surface area contributed by atoms with E-state index in [-0.39, 0.29) is 6.03 Å². The Labute approximate surface area is 79.5 Å². The molecule has 1 saturated heterocycles. The Morgan fingerprint density at radius 3 is 2.77 bits per heavy atom. The molecule has 1 saturated carbocycles. The zero-order chi connectivity index (χ0) is 9.42. The van der Waals surface area contributed by atoms with Gasteiger partial charge in [0.05, 0.1) is 12.1 Å². The molecule has 1 heterocycles. The van der Waals surface area contributed by atoms with Crippen LogP contribution in [0.1, 0.15) is 39.5 Å². The van der Waals surface area contributed by atoms with Crippen molar-refractivity contribution in [1.82, 2.24) is 10.2 Å². The third-order valence-electron chi connectivity index (χ3n) is 3.19. The van der Waals surface area contributed by atoms with E-state index < -0.39 is 0 Å². The number of urea groups is 1. The summed E-state index contributed by atoms with van der Waals surface area (Å²) in [6, 6.07) is 1.39. The zero-order valence-corrected chi connectivity index (χ0v) is 8.42. The zero-order valence-electron chi connectivity index (χ0n) is 8.42. The van der Waals surface area contributed by atoms with Crippen molar-refractivity contribution in [3.05, 3.63) is 0 Å². The normalized spacial score (nSPS) is 33.5. The largest absolute Gasteiger partial charge is 0.333 e. The first-order valence-corrected chi connectivity index (χ1v) is 5.29. The molecule has 2 fully saturated rings. The summed E-state index contributed by atoms with van der Waals surface area (Å²) in [6.07, 6.45) is 4.90. The van der Waals surface area contributed by atoms with E-state index >= 15 is 0 Å². The minimum Gasteiger partial charge on any atom is -0.333 e. The van der Waals surface area contributed by atoms with Crippen LogP contribution in [0.15, 0.2) is 0 Å². The molecule has 0 aromatic heterocycles. The van der Waals surface area contributed by atoms with Gasteiger partial charge in [-0.05, 0) is 26.7 Å². The van der Waals surface area contributed by atoms with E-state index in [1.165, 1.54) is 25.7 Å². The highest BCUT2D eigenvalue weighted by Gasteiger charge is 2.41. The van der Waals surface area contributed by atoms with Crippen LogP contribution in [0.4, 0.5) is 4.79 Å². The van der Waals surface area contributed by atoms with Gasteiger partial charge in [-0.1, -0.05) is 12.8 Å². The number of hydrogen-bond donors (Lipinski definition) is 1. The average molecular weight is 182 g/mol. The highest BCUT2D eigenvalue weighted by atomic mass is 16.2. The van der Waals surface area contributed by atoms with Crippen molar-refractivity contribution in [2.75, 3.05) is 0 Å². The molecule has 2 amide bonds. The second-order valence-corrected chi connectivity index (χ2v) is 4.41. The lowest BCUT2D eigenvalue weighted by molar-refractivity contribution is 0.169. The number of fused-ring (bicyclic) bond motifs is 1. The lowest BCUT2D eigenvalue weighted by Crippen LogP contribution is -2.42. The van der Waals surface area contributed by atoms with Crippen molar-refractivity contribution in [3.8, 4) is 0 Å². The third-order valence-corrected chi connectivity index (χ3v) is 3.19. The van der Waals surface area contributed by atoms with E-state index in [1.54, 1.807) is 0 Å². The summed E-state index contributed by atoms with van der Waals surface area (Å²) < 4.78 is 0. The maximum absolute atomic E-state index is 11.6. The summed E-state index contributed by atoms with van der Waals surface area (Å²) in [6.45, 7) is 4.19. The van der Waals surface area contributed by atoms with Gasteiger partial charge in [0, 0.05) is 6.04 Å². The van der Waals surface area contributed by atoms with E-state index in [4.69, 9.17) is 0 Å². The molecular formula is C10H18N2O. The molecule has 1 N–H and O–H groups in total. The molecule has 74 valence electrons. The lowest BCUT2D eigenvalue weighted by Gasteiger charge is -2.32. The Morgan fingerprint density at radius 1 is 1.38 bits per heavy atom. The molecule has 2 rings (SSSR count). The Hall–Kier alpha value is -0.730. The maximum Gasteiger partial charge on any atom is 0.318 e. The lowest BCUT2D eigenvalue weighted by atomic mass is 9.90. The molecule has 0 radical (unpaired) electrons. The quantitative estimate of drug-likeness (QED) is 0.658. The van der Waals surface area contributed by atoms with Gasteiger partial charge in [0.25, 0.3) is 0 Å². The number of nitrogens with one attached hydrogen (secondary N) is 1. The molecule has 0 bridgehead atoms. The minimum absolute atomic E-state index is 0.145. The van der Waals surface area contributed by atoms with Crippen molar-refractivity contribution >= 4 is 6.03 Å². The predicted octanol–water partition coefficient (Wildman–Crippen LogP) is 1.73. The van der Waals surface area contributed by atoms with Gasteiger partial charge in [-0.3, -0.25) is 0 Å². The molecule has 0 aromatic rings. The van der Waals surface area contributed by atoms with Crippen LogP contribution < -0.4 is 5.32 Å². The summed E-state index contributed by atoms with van der Waals surface area (Å²) in [5.74, 6) is 0. The molecule has 1 aliphatic carbocycles. The molecule has 2 aliphatic rings. The van der Waals surface area contributed by atoms with Gasteiger partial charge in [-0.15, -0.1) is 0 Å². The third kappa shape index (κ3) is 1.40. The van der Waals surface area contributed by atoms with E-state index in [1.807, 2.05) is 4.90 Å². The smallest absolute Gasteiger partial charge is 0.318 e. The number of nitrogens with zero attached hydrogens (tertiary/aromatic N) is 1. The molecule has 0 spiro atoms. The van der Waals surface area contributed by atoms with E-state index in [0.717, 1.165) is 0 Å². The highest BCUT2D eigenvalue weighted by Crippen LogP contribution is 2.29. The van der Waals surface area contributed by atoms with Crippen LogP contribution in [0, 0.1) is 0 Å². The fourth-order valence-electron chi connectivity index (χ4n) is 2.61. The topological polar surface area (TPSA) is 32.3 Å². The molecule has 2 atom stereocenters. The molecule has 3 heteroatoms. The molecule has 1 aliphatic heterocycles. The Bertz CT molecular complexity index is 215. The van der Waals surface area contributed by atoms with Crippen molar-refractivity contribution in [3.63, 3.8) is 0 Å². The summed E-state index contributed by atoms with van der Waals surface area (Å²) in [5.41, 5.74) is 0. The van der Waals surface area contributed by atoms with Crippen LogP contribution in [-0.4, -0.2) is 29.1 Å². The van der Waals surface area contributed by atoms with Crippen LogP contribution >= 0.6 is 0 Å². The Balaban J connectivity index is 2.13. The predicted molar refractivity (Wildman–Crippen MR) is 51.6 cm³/mol. The van der Waals surface area contributed by atoms with Crippen LogP contribution in [0.25, 0.3) is 0 Å². The second kappa shape index (κ2) is 3.20. The van der Waals surface area contributed by atoms with Gasteiger partial charge >= 0.3 is 6.03 Å². The van der Waals surface area contributed by atoms with E-state index in [0.29, 0.717) is 18.1 Å². The van der Waals surface area contributed by atoms with Crippen LogP contribution in [0.5, 0.6) is 0 Å². The van der Waals surface area contributed by atoms with Crippen LogP contribution in [0.2, 0.25) is 0 Å². The van der Waals surface area contributed by atoms with E-state index in [2.05, 4.69) is 19.2 Å². The standard InChI is InChI=1S/C10H18N2O/c1-7(2)12-9-6-4-3-5-8(9)11-10(12)13/h7-9H,3-6H2,1-2H3,(H,11,13)/t8-,9-/m0/s1. The highest BCUT2D eigenvalue weighted by molar-refractivity contribution is 5.78. The van der Waals surface area contributed by atoms with Crippen molar-refractivity contribution < 1.29 is 4.79 Å². The van der Waals surface area contributed by atoms with Crippen molar-refractivity contribution in [1.29, 1.82) is 0 Å². The second-order valence-electron chi connectivity index (χ2n) is 4.41. The average Bonchev–Trinajstić information content (AvgIpc) is 2.39. The summed E-state index contributed by atoms with van der Waals surface area (Å²) in [5, 5.41) is 3.07. The van der Waals surface area contributed by atoms with Gasteiger partial charge in [0.1, 0.15) is 0 Å². The first-order valence-electron chi connectivity index (χ1n) is 5.29. The van der Waals surface area contributed by atoms with Crippen molar-refractivity contribution in [2.24, 2.45) is 0 Å². The van der Waals surface area contributed by atoms with Gasteiger partial charge in [-0.25, -0.2) is 4.79 Å². The van der Waals surface area contributed by atoms with E-state index in [9.17, 15) is 4.79 Å². The fraction of sp³-hybridized carbons (Fsp3) is 0.900. The molecule has 3 nitrogen and oxygen atoms in total. The van der Waals surface area contributed by atoms with Crippen LogP contribution in [0.3, 0.4) is 0 Å². The molecule has 0 unspecified atom stereocenters. The Morgan fingerprint density at radius 2 is 2.08 bits per heavy atom. The number of rotatable bonds is 1. The summed E-state index contributed by atoms with van der Waals surface area (Å²) >= 11 is 0. The summed E-state index contributed by atoms with van der Waals surface area (Å²) in [4.78, 5) is 13.6. The number of amides is 2. The number of hydrogen-bond acceptors (Lipinski definition) is 1. The van der Waals surface area contributed by atoms with Gasteiger partial charge < -0.3 is 10.2 Å². The van der Waals surface area contributed by atoms with Gasteiger partial charge in [-0.2, -0.15) is 0 Å². The first-order chi connectivity index (χ1) is 6.20. The van der Waals surface area contributed by atoms with Gasteiger partial charge in [0.2, 0.25) is 0 Å². The SMILES string of the molecule is CC(C)N1C(=O)N[C@H]2CCCC[C@@H]21. The first kappa shape index (κ1) is 8.85. The number of carbonyl (C=O) groups is 1. The molecular weight excluding hydrogens is 164 g/mol. The number of carbonyl (C=O) groups excluding carboxylic acids is 1.